The van der Waals surface area contributed by atoms with Crippen molar-refractivity contribution in [1.82, 2.24) is 10.1 Å². The molecule has 3 aromatic rings. The lowest BCUT2D eigenvalue weighted by atomic mass is 10.3. The largest absolute Gasteiger partial charge is 0.494 e. The number of halogens is 1. The SMILES string of the molecule is O=C(CCCOc1cccc(Br)c1)OCc1nc(-c2cccs2)no1. The minimum Gasteiger partial charge on any atom is -0.494 e. The van der Waals surface area contributed by atoms with E-state index >= 15 is 0 Å². The Hall–Kier alpha value is -2.19. The van der Waals surface area contributed by atoms with E-state index in [-0.39, 0.29) is 24.9 Å². The molecule has 2 aromatic heterocycles. The third-order valence-electron chi connectivity index (χ3n) is 3.16. The molecule has 0 unspecified atom stereocenters. The molecule has 0 aliphatic heterocycles. The number of esters is 1. The van der Waals surface area contributed by atoms with E-state index < -0.39 is 0 Å². The van der Waals surface area contributed by atoms with Crippen molar-refractivity contribution < 1.29 is 18.8 Å². The van der Waals surface area contributed by atoms with Crippen LogP contribution in [-0.2, 0) is 16.1 Å². The van der Waals surface area contributed by atoms with Gasteiger partial charge in [0.05, 0.1) is 11.5 Å². The first-order chi connectivity index (χ1) is 12.2. The highest BCUT2D eigenvalue weighted by Crippen LogP contribution is 2.21. The zero-order valence-electron chi connectivity index (χ0n) is 13.2. The summed E-state index contributed by atoms with van der Waals surface area (Å²) in [6, 6.07) is 11.4. The van der Waals surface area contributed by atoms with Gasteiger partial charge in [0, 0.05) is 10.9 Å². The van der Waals surface area contributed by atoms with Crippen LogP contribution in [0.25, 0.3) is 10.7 Å². The van der Waals surface area contributed by atoms with Crippen LogP contribution in [0.2, 0.25) is 0 Å². The maximum absolute atomic E-state index is 11.7. The maximum Gasteiger partial charge on any atom is 0.306 e. The van der Waals surface area contributed by atoms with Crippen molar-refractivity contribution in [2.24, 2.45) is 0 Å². The average molecular weight is 423 g/mol. The fourth-order valence-corrected chi connectivity index (χ4v) is 3.02. The fraction of sp³-hybridized carbons (Fsp3) is 0.235. The molecule has 3 rings (SSSR count). The molecule has 6 nitrogen and oxygen atoms in total. The van der Waals surface area contributed by atoms with Gasteiger partial charge in [-0.2, -0.15) is 4.98 Å². The number of rotatable bonds is 8. The molecule has 0 bridgehead atoms. The van der Waals surface area contributed by atoms with Crippen LogP contribution in [0.3, 0.4) is 0 Å². The van der Waals surface area contributed by atoms with Crippen molar-refractivity contribution in [2.75, 3.05) is 6.61 Å². The molecule has 2 heterocycles. The van der Waals surface area contributed by atoms with Crippen molar-refractivity contribution in [3.63, 3.8) is 0 Å². The summed E-state index contributed by atoms with van der Waals surface area (Å²) < 4.78 is 16.7. The van der Waals surface area contributed by atoms with E-state index in [0.29, 0.717) is 18.9 Å². The zero-order valence-corrected chi connectivity index (χ0v) is 15.6. The van der Waals surface area contributed by atoms with Gasteiger partial charge in [-0.3, -0.25) is 4.79 Å². The van der Waals surface area contributed by atoms with E-state index in [1.165, 1.54) is 11.3 Å². The molecule has 0 saturated carbocycles. The fourth-order valence-electron chi connectivity index (χ4n) is 2.00. The summed E-state index contributed by atoms with van der Waals surface area (Å²) in [5.41, 5.74) is 0. The van der Waals surface area contributed by atoms with Crippen LogP contribution in [0.4, 0.5) is 0 Å². The van der Waals surface area contributed by atoms with Crippen LogP contribution in [0.1, 0.15) is 18.7 Å². The number of carbonyl (C=O) groups is 1. The minimum atomic E-state index is -0.325. The van der Waals surface area contributed by atoms with E-state index in [1.54, 1.807) is 0 Å². The third-order valence-corrected chi connectivity index (χ3v) is 4.52. The van der Waals surface area contributed by atoms with E-state index in [4.69, 9.17) is 14.0 Å². The second-order valence-corrected chi connectivity index (χ2v) is 6.92. The van der Waals surface area contributed by atoms with Gasteiger partial charge in [-0.05, 0) is 36.1 Å². The number of hydrogen-bond acceptors (Lipinski definition) is 7. The first-order valence-electron chi connectivity index (χ1n) is 7.61. The van der Waals surface area contributed by atoms with Crippen LogP contribution >= 0.6 is 27.3 Å². The van der Waals surface area contributed by atoms with Crippen LogP contribution in [0, 0.1) is 0 Å². The van der Waals surface area contributed by atoms with Crippen LogP contribution < -0.4 is 4.74 Å². The lowest BCUT2D eigenvalue weighted by Gasteiger charge is -2.06. The Kier molecular flexibility index (Phi) is 6.19. The predicted octanol–water partition coefficient (Wildman–Crippen LogP) is 4.46. The monoisotopic (exact) mass is 422 g/mol. The summed E-state index contributed by atoms with van der Waals surface area (Å²) in [6.07, 6.45) is 0.829. The number of thiophene rings is 1. The number of ether oxygens (including phenoxy) is 2. The Morgan fingerprint density at radius 1 is 1.28 bits per heavy atom. The third kappa shape index (κ3) is 5.40. The molecule has 0 spiro atoms. The summed E-state index contributed by atoms with van der Waals surface area (Å²) in [4.78, 5) is 16.8. The molecule has 0 amide bonds. The molecule has 0 aliphatic carbocycles. The topological polar surface area (TPSA) is 74.5 Å². The number of aromatic nitrogens is 2. The number of carbonyl (C=O) groups excluding carboxylic acids is 1. The van der Waals surface area contributed by atoms with Gasteiger partial charge in [-0.25, -0.2) is 0 Å². The van der Waals surface area contributed by atoms with Crippen LogP contribution in [0.15, 0.2) is 50.8 Å². The summed E-state index contributed by atoms with van der Waals surface area (Å²) in [5.74, 6) is 1.22. The number of hydrogen-bond donors (Lipinski definition) is 0. The lowest BCUT2D eigenvalue weighted by molar-refractivity contribution is -0.146. The Bertz CT molecular complexity index is 820. The van der Waals surface area contributed by atoms with Crippen LogP contribution in [-0.4, -0.2) is 22.7 Å². The summed E-state index contributed by atoms with van der Waals surface area (Å²) in [6.45, 7) is 0.415. The number of benzene rings is 1. The highest BCUT2D eigenvalue weighted by molar-refractivity contribution is 9.10. The normalized spacial score (nSPS) is 10.6. The second kappa shape index (κ2) is 8.77. The Morgan fingerprint density at radius 3 is 3.00 bits per heavy atom. The van der Waals surface area contributed by atoms with Gasteiger partial charge in [0.25, 0.3) is 5.89 Å². The molecule has 0 fully saturated rings. The quantitative estimate of drug-likeness (QED) is 0.393. The Balaban J connectivity index is 1.35. The molecular weight excluding hydrogens is 408 g/mol. The van der Waals surface area contributed by atoms with Gasteiger partial charge >= 0.3 is 5.97 Å². The zero-order chi connectivity index (χ0) is 17.5. The maximum atomic E-state index is 11.7. The smallest absolute Gasteiger partial charge is 0.306 e. The minimum absolute atomic E-state index is 0.0241. The number of nitrogens with zero attached hydrogens (tertiary/aromatic N) is 2. The molecule has 0 saturated heterocycles. The molecule has 8 heteroatoms. The summed E-state index contributed by atoms with van der Waals surface area (Å²) >= 11 is 4.89. The van der Waals surface area contributed by atoms with Crippen LogP contribution in [0.5, 0.6) is 5.75 Å². The molecule has 25 heavy (non-hydrogen) atoms. The molecular formula is C17H15BrN2O4S. The molecule has 1 aromatic carbocycles. The van der Waals surface area contributed by atoms with Gasteiger partial charge in [0.15, 0.2) is 6.61 Å². The molecule has 0 atom stereocenters. The predicted molar refractivity (Wildman–Crippen MR) is 96.3 cm³/mol. The van der Waals surface area contributed by atoms with Gasteiger partial charge in [0.1, 0.15) is 5.75 Å². The van der Waals surface area contributed by atoms with Crippen molar-refractivity contribution >= 4 is 33.2 Å². The van der Waals surface area contributed by atoms with Gasteiger partial charge in [-0.1, -0.05) is 33.2 Å². The summed E-state index contributed by atoms with van der Waals surface area (Å²) in [5, 5.41) is 5.79. The molecule has 130 valence electrons. The Morgan fingerprint density at radius 2 is 2.20 bits per heavy atom. The Labute approximate surface area is 156 Å². The van der Waals surface area contributed by atoms with Gasteiger partial charge < -0.3 is 14.0 Å². The standard InChI is InChI=1S/C17H15BrN2O4S/c18-12-4-1-5-13(10-12)22-8-2-7-16(21)23-11-15-19-17(20-24-15)14-6-3-9-25-14/h1,3-6,9-10H,2,7-8,11H2. The highest BCUT2D eigenvalue weighted by Gasteiger charge is 2.11. The van der Waals surface area contributed by atoms with Crippen molar-refractivity contribution in [2.45, 2.75) is 19.4 Å². The summed E-state index contributed by atoms with van der Waals surface area (Å²) in [7, 11) is 0. The van der Waals surface area contributed by atoms with E-state index in [1.807, 2.05) is 41.8 Å². The second-order valence-electron chi connectivity index (χ2n) is 5.06. The van der Waals surface area contributed by atoms with Crippen molar-refractivity contribution in [3.05, 3.63) is 52.1 Å². The first kappa shape index (κ1) is 17.6. The average Bonchev–Trinajstić information content (AvgIpc) is 3.28. The van der Waals surface area contributed by atoms with Crippen molar-refractivity contribution in [3.8, 4) is 16.5 Å². The lowest BCUT2D eigenvalue weighted by Crippen LogP contribution is -2.07. The van der Waals surface area contributed by atoms with E-state index in [0.717, 1.165) is 15.1 Å². The molecule has 0 radical (unpaired) electrons. The molecule has 0 N–H and O–H groups in total. The van der Waals surface area contributed by atoms with Gasteiger partial charge in [-0.15, -0.1) is 11.3 Å². The van der Waals surface area contributed by atoms with E-state index in [9.17, 15) is 4.79 Å². The highest BCUT2D eigenvalue weighted by atomic mass is 79.9. The van der Waals surface area contributed by atoms with E-state index in [2.05, 4.69) is 26.1 Å². The van der Waals surface area contributed by atoms with Crippen molar-refractivity contribution in [1.29, 1.82) is 0 Å². The molecule has 0 aliphatic rings. The van der Waals surface area contributed by atoms with Gasteiger partial charge in [0.2, 0.25) is 5.82 Å². The first-order valence-corrected chi connectivity index (χ1v) is 9.28.